The zero-order chi connectivity index (χ0) is 13.0. The van der Waals surface area contributed by atoms with Crippen molar-refractivity contribution < 1.29 is 9.90 Å². The summed E-state index contributed by atoms with van der Waals surface area (Å²) in [5.41, 5.74) is 1.32. The number of carbonyl (C=O) groups excluding carboxylic acids is 1. The molecule has 0 spiro atoms. The molecule has 1 heterocycles. The van der Waals surface area contributed by atoms with Crippen molar-refractivity contribution in [2.75, 3.05) is 19.7 Å². The third kappa shape index (κ3) is 3.10. The number of rotatable bonds is 5. The lowest BCUT2D eigenvalue weighted by Crippen LogP contribution is -2.27. The van der Waals surface area contributed by atoms with Gasteiger partial charge in [0.15, 0.2) is 0 Å². The smallest absolute Gasteiger partial charge is 0.223 e. The van der Waals surface area contributed by atoms with Gasteiger partial charge < -0.3 is 10.0 Å². The monoisotopic (exact) mass is 247 g/mol. The van der Waals surface area contributed by atoms with Crippen LogP contribution in [0.25, 0.3) is 0 Å². The highest BCUT2D eigenvalue weighted by Crippen LogP contribution is 2.22. The Kier molecular flexibility index (Phi) is 4.37. The van der Waals surface area contributed by atoms with Crippen molar-refractivity contribution in [2.24, 2.45) is 5.92 Å². The Morgan fingerprint density at radius 2 is 2.11 bits per heavy atom. The third-order valence-corrected chi connectivity index (χ3v) is 3.75. The summed E-state index contributed by atoms with van der Waals surface area (Å²) in [7, 11) is 0. The largest absolute Gasteiger partial charge is 0.396 e. The van der Waals surface area contributed by atoms with Crippen LogP contribution in [0.4, 0.5) is 0 Å². The fraction of sp³-hybridized carbons (Fsp3) is 0.533. The average molecular weight is 247 g/mol. The van der Waals surface area contributed by atoms with Gasteiger partial charge in [0.05, 0.1) is 0 Å². The molecule has 2 unspecified atom stereocenters. The molecule has 1 N–H and O–H groups in total. The molecular formula is C15H21NO2. The number of aliphatic hydroxyl groups is 1. The molecule has 1 amide bonds. The first-order chi connectivity index (χ1) is 8.70. The lowest BCUT2D eigenvalue weighted by molar-refractivity contribution is -0.127. The van der Waals surface area contributed by atoms with Gasteiger partial charge in [0.1, 0.15) is 0 Å². The normalized spacial score (nSPS) is 21.3. The summed E-state index contributed by atoms with van der Waals surface area (Å²) in [4.78, 5) is 13.6. The van der Waals surface area contributed by atoms with Crippen molar-refractivity contribution in [2.45, 2.75) is 25.7 Å². The van der Waals surface area contributed by atoms with Crippen LogP contribution in [0.3, 0.4) is 0 Å². The van der Waals surface area contributed by atoms with Crippen LogP contribution >= 0.6 is 0 Å². The first-order valence-electron chi connectivity index (χ1n) is 6.64. The van der Waals surface area contributed by atoms with Crippen molar-refractivity contribution in [3.8, 4) is 0 Å². The topological polar surface area (TPSA) is 40.5 Å². The molecule has 3 nitrogen and oxygen atoms in total. The van der Waals surface area contributed by atoms with Gasteiger partial charge >= 0.3 is 0 Å². The molecule has 1 aliphatic rings. The molecule has 1 aliphatic heterocycles. The Hall–Kier alpha value is -1.35. The molecule has 2 rings (SSSR count). The molecule has 0 aliphatic carbocycles. The maximum Gasteiger partial charge on any atom is 0.223 e. The van der Waals surface area contributed by atoms with E-state index < -0.39 is 0 Å². The minimum atomic E-state index is 0.122. The molecule has 0 aromatic heterocycles. The highest BCUT2D eigenvalue weighted by molar-refractivity contribution is 5.78. The minimum absolute atomic E-state index is 0.122. The van der Waals surface area contributed by atoms with Crippen molar-refractivity contribution in [3.63, 3.8) is 0 Å². The summed E-state index contributed by atoms with van der Waals surface area (Å²) in [6.45, 7) is 3.83. The van der Waals surface area contributed by atoms with Gasteiger partial charge in [0, 0.05) is 32.0 Å². The Labute approximate surface area is 108 Å². The van der Waals surface area contributed by atoms with Gasteiger partial charge in [0.2, 0.25) is 5.91 Å². The molecule has 18 heavy (non-hydrogen) atoms. The highest BCUT2D eigenvalue weighted by atomic mass is 16.3. The van der Waals surface area contributed by atoms with Crippen LogP contribution in [-0.2, 0) is 4.79 Å². The summed E-state index contributed by atoms with van der Waals surface area (Å²) in [5.74, 6) is 0.797. The van der Waals surface area contributed by atoms with Crippen LogP contribution in [0.2, 0.25) is 0 Å². The van der Waals surface area contributed by atoms with Crippen LogP contribution in [0.5, 0.6) is 0 Å². The second-order valence-corrected chi connectivity index (χ2v) is 5.19. The molecule has 1 aromatic carbocycles. The molecule has 1 fully saturated rings. The van der Waals surface area contributed by atoms with E-state index >= 15 is 0 Å². The minimum Gasteiger partial charge on any atom is -0.396 e. The second kappa shape index (κ2) is 6.01. The van der Waals surface area contributed by atoms with Crippen LogP contribution < -0.4 is 0 Å². The van der Waals surface area contributed by atoms with E-state index in [1.165, 1.54) is 5.56 Å². The van der Waals surface area contributed by atoms with Crippen molar-refractivity contribution in [1.82, 2.24) is 4.90 Å². The van der Waals surface area contributed by atoms with Crippen LogP contribution in [0, 0.1) is 5.92 Å². The van der Waals surface area contributed by atoms with E-state index in [0.717, 1.165) is 19.5 Å². The Morgan fingerprint density at radius 3 is 2.72 bits per heavy atom. The SMILES string of the molecule is CC(CCN1CC(CO)CC1=O)c1ccccc1. The van der Waals surface area contributed by atoms with Crippen molar-refractivity contribution >= 4 is 5.91 Å². The van der Waals surface area contributed by atoms with Gasteiger partial charge in [-0.15, -0.1) is 0 Å². The van der Waals surface area contributed by atoms with Crippen LogP contribution in [0.15, 0.2) is 30.3 Å². The number of hydrogen-bond acceptors (Lipinski definition) is 2. The van der Waals surface area contributed by atoms with Crippen molar-refractivity contribution in [1.29, 1.82) is 0 Å². The molecular weight excluding hydrogens is 226 g/mol. The Balaban J connectivity index is 1.83. The zero-order valence-electron chi connectivity index (χ0n) is 10.9. The Bertz CT molecular complexity index is 391. The third-order valence-electron chi connectivity index (χ3n) is 3.75. The van der Waals surface area contributed by atoms with E-state index in [1.54, 1.807) is 0 Å². The lowest BCUT2D eigenvalue weighted by Gasteiger charge is -2.19. The molecule has 0 bridgehead atoms. The van der Waals surface area contributed by atoms with Gasteiger partial charge in [-0.1, -0.05) is 37.3 Å². The van der Waals surface area contributed by atoms with Crippen LogP contribution in [0.1, 0.15) is 31.2 Å². The van der Waals surface area contributed by atoms with E-state index in [9.17, 15) is 4.79 Å². The molecule has 0 saturated carbocycles. The maximum atomic E-state index is 11.7. The summed E-state index contributed by atoms with van der Waals surface area (Å²) >= 11 is 0. The quantitative estimate of drug-likeness (QED) is 0.864. The average Bonchev–Trinajstić information content (AvgIpc) is 2.77. The summed E-state index contributed by atoms with van der Waals surface area (Å²) in [6.07, 6.45) is 1.49. The predicted octanol–water partition coefficient (Wildman–Crippen LogP) is 2.02. The predicted molar refractivity (Wildman–Crippen MR) is 71.2 cm³/mol. The molecule has 1 saturated heterocycles. The summed E-state index contributed by atoms with van der Waals surface area (Å²) in [6, 6.07) is 10.4. The van der Waals surface area contributed by atoms with E-state index in [2.05, 4.69) is 31.2 Å². The number of hydrogen-bond donors (Lipinski definition) is 1. The molecule has 98 valence electrons. The summed E-state index contributed by atoms with van der Waals surface area (Å²) in [5, 5.41) is 9.08. The van der Waals surface area contributed by atoms with Crippen LogP contribution in [-0.4, -0.2) is 35.6 Å². The number of aliphatic hydroxyl groups excluding tert-OH is 1. The van der Waals surface area contributed by atoms with Crippen molar-refractivity contribution in [3.05, 3.63) is 35.9 Å². The van der Waals surface area contributed by atoms with E-state index in [4.69, 9.17) is 5.11 Å². The fourth-order valence-corrected chi connectivity index (χ4v) is 2.49. The number of carbonyl (C=O) groups is 1. The zero-order valence-corrected chi connectivity index (χ0v) is 10.9. The molecule has 1 aromatic rings. The number of nitrogens with zero attached hydrogens (tertiary/aromatic N) is 1. The lowest BCUT2D eigenvalue weighted by atomic mass is 9.98. The second-order valence-electron chi connectivity index (χ2n) is 5.19. The van der Waals surface area contributed by atoms with Gasteiger partial charge in [-0.3, -0.25) is 4.79 Å². The number of amides is 1. The standard InChI is InChI=1S/C15H21NO2/c1-12(14-5-3-2-4-6-14)7-8-16-10-13(11-17)9-15(16)18/h2-6,12-13,17H,7-11H2,1H3. The van der Waals surface area contributed by atoms with Gasteiger partial charge in [-0.05, 0) is 17.9 Å². The Morgan fingerprint density at radius 1 is 1.39 bits per heavy atom. The first kappa shape index (κ1) is 13.1. The van der Waals surface area contributed by atoms with E-state index in [1.807, 2.05) is 11.0 Å². The van der Waals surface area contributed by atoms with Gasteiger partial charge in [-0.2, -0.15) is 0 Å². The molecule has 2 atom stereocenters. The van der Waals surface area contributed by atoms with E-state index in [0.29, 0.717) is 12.3 Å². The van der Waals surface area contributed by atoms with E-state index in [-0.39, 0.29) is 18.4 Å². The van der Waals surface area contributed by atoms with Gasteiger partial charge in [-0.25, -0.2) is 0 Å². The molecule has 0 radical (unpaired) electrons. The fourth-order valence-electron chi connectivity index (χ4n) is 2.49. The number of benzene rings is 1. The summed E-state index contributed by atoms with van der Waals surface area (Å²) < 4.78 is 0. The molecule has 3 heteroatoms. The first-order valence-corrected chi connectivity index (χ1v) is 6.64. The van der Waals surface area contributed by atoms with Gasteiger partial charge in [0.25, 0.3) is 0 Å². The maximum absolute atomic E-state index is 11.7. The highest BCUT2D eigenvalue weighted by Gasteiger charge is 2.28. The number of likely N-dealkylation sites (tertiary alicyclic amines) is 1.